The van der Waals surface area contributed by atoms with Crippen LogP contribution in [0.1, 0.15) is 11.5 Å². The van der Waals surface area contributed by atoms with Crippen LogP contribution in [0.2, 0.25) is 0 Å². The van der Waals surface area contributed by atoms with Crippen LogP contribution in [0.4, 0.5) is 11.6 Å². The molecule has 17 heavy (non-hydrogen) atoms. The summed E-state index contributed by atoms with van der Waals surface area (Å²) in [6, 6.07) is 3.61. The summed E-state index contributed by atoms with van der Waals surface area (Å²) in [4.78, 5) is 0. The van der Waals surface area contributed by atoms with Gasteiger partial charge >= 0.3 is 0 Å². The van der Waals surface area contributed by atoms with E-state index >= 15 is 0 Å². The molecule has 0 amide bonds. The van der Waals surface area contributed by atoms with E-state index < -0.39 is 0 Å². The minimum Gasteiger partial charge on any atom is -0.319 e. The molecule has 0 bridgehead atoms. The monoisotopic (exact) mass is 231 g/mol. The number of nitrogens with one attached hydrogen (secondary N) is 1. The molecule has 8 nitrogen and oxygen atoms in total. The van der Waals surface area contributed by atoms with E-state index in [9.17, 15) is 0 Å². The lowest BCUT2D eigenvalue weighted by Gasteiger charge is -2.01. The van der Waals surface area contributed by atoms with Crippen LogP contribution in [-0.4, -0.2) is 30.1 Å². The highest BCUT2D eigenvalue weighted by molar-refractivity contribution is 5.54. The standard InChI is InChI=1S/C9H9N7O/c1-5-9(15-17-14-5)10-7-3-4-8-12-11-6(2)16(8)13-7/h3-4H,1-2H3,(H,10,13,15). The maximum absolute atomic E-state index is 4.59. The molecule has 0 atom stereocenters. The lowest BCUT2D eigenvalue weighted by molar-refractivity contribution is 0.306. The number of aromatic nitrogens is 6. The van der Waals surface area contributed by atoms with Gasteiger partial charge in [0.05, 0.1) is 0 Å². The lowest BCUT2D eigenvalue weighted by Crippen LogP contribution is -2.01. The molecular weight excluding hydrogens is 222 g/mol. The quantitative estimate of drug-likeness (QED) is 0.699. The highest BCUT2D eigenvalue weighted by atomic mass is 16.6. The Bertz CT molecular complexity index is 671. The summed E-state index contributed by atoms with van der Waals surface area (Å²) in [5.41, 5.74) is 1.37. The zero-order chi connectivity index (χ0) is 11.8. The molecule has 0 spiro atoms. The van der Waals surface area contributed by atoms with E-state index in [-0.39, 0.29) is 0 Å². The summed E-state index contributed by atoms with van der Waals surface area (Å²) in [6.45, 7) is 3.63. The molecule has 0 fully saturated rings. The second-order valence-electron chi connectivity index (χ2n) is 3.56. The van der Waals surface area contributed by atoms with Crippen LogP contribution in [-0.2, 0) is 0 Å². The van der Waals surface area contributed by atoms with Crippen molar-refractivity contribution in [1.29, 1.82) is 0 Å². The summed E-state index contributed by atoms with van der Waals surface area (Å²) in [6.07, 6.45) is 0. The summed E-state index contributed by atoms with van der Waals surface area (Å²) in [7, 11) is 0. The van der Waals surface area contributed by atoms with Gasteiger partial charge in [-0.25, -0.2) is 4.63 Å². The third-order valence-electron chi connectivity index (χ3n) is 2.32. The van der Waals surface area contributed by atoms with Crippen LogP contribution < -0.4 is 5.32 Å². The van der Waals surface area contributed by atoms with Crippen LogP contribution in [0.25, 0.3) is 5.65 Å². The summed E-state index contributed by atoms with van der Waals surface area (Å²) >= 11 is 0. The first-order valence-electron chi connectivity index (χ1n) is 4.99. The van der Waals surface area contributed by atoms with E-state index in [1.807, 2.05) is 13.0 Å². The van der Waals surface area contributed by atoms with E-state index in [2.05, 4.69) is 35.6 Å². The molecule has 0 unspecified atom stereocenters. The molecule has 1 N–H and O–H groups in total. The first-order chi connectivity index (χ1) is 8.24. The van der Waals surface area contributed by atoms with Gasteiger partial charge in [-0.15, -0.1) is 15.3 Å². The van der Waals surface area contributed by atoms with Gasteiger partial charge in [0.15, 0.2) is 23.1 Å². The van der Waals surface area contributed by atoms with Crippen LogP contribution in [0.5, 0.6) is 0 Å². The van der Waals surface area contributed by atoms with Gasteiger partial charge in [-0.3, -0.25) is 0 Å². The van der Waals surface area contributed by atoms with Gasteiger partial charge in [0.2, 0.25) is 0 Å². The van der Waals surface area contributed by atoms with Gasteiger partial charge in [0, 0.05) is 0 Å². The van der Waals surface area contributed by atoms with Gasteiger partial charge in [-0.1, -0.05) is 5.16 Å². The number of fused-ring (bicyclic) bond motifs is 1. The van der Waals surface area contributed by atoms with E-state index in [1.165, 1.54) is 0 Å². The first kappa shape index (κ1) is 9.70. The van der Waals surface area contributed by atoms with Crippen molar-refractivity contribution in [2.45, 2.75) is 13.8 Å². The highest BCUT2D eigenvalue weighted by Gasteiger charge is 2.08. The number of hydrogen-bond acceptors (Lipinski definition) is 7. The van der Waals surface area contributed by atoms with E-state index in [0.717, 1.165) is 5.82 Å². The zero-order valence-electron chi connectivity index (χ0n) is 9.25. The van der Waals surface area contributed by atoms with Crippen molar-refractivity contribution in [3.63, 3.8) is 0 Å². The second kappa shape index (κ2) is 3.51. The van der Waals surface area contributed by atoms with Crippen molar-refractivity contribution >= 4 is 17.3 Å². The molecule has 0 aliphatic rings. The minimum absolute atomic E-state index is 0.544. The number of aryl methyl sites for hydroxylation is 2. The Morgan fingerprint density at radius 1 is 1.18 bits per heavy atom. The highest BCUT2D eigenvalue weighted by Crippen LogP contribution is 2.14. The molecule has 8 heteroatoms. The summed E-state index contributed by atoms with van der Waals surface area (Å²) in [5, 5.41) is 22.6. The van der Waals surface area contributed by atoms with Crippen LogP contribution in [0.15, 0.2) is 16.8 Å². The Morgan fingerprint density at radius 2 is 2.06 bits per heavy atom. The van der Waals surface area contributed by atoms with Gasteiger partial charge in [0.1, 0.15) is 5.69 Å². The van der Waals surface area contributed by atoms with Gasteiger partial charge in [0.25, 0.3) is 0 Å². The smallest absolute Gasteiger partial charge is 0.199 e. The fourth-order valence-corrected chi connectivity index (χ4v) is 1.43. The largest absolute Gasteiger partial charge is 0.319 e. The van der Waals surface area contributed by atoms with E-state index in [4.69, 9.17) is 0 Å². The van der Waals surface area contributed by atoms with Crippen molar-refractivity contribution in [1.82, 2.24) is 30.1 Å². The zero-order valence-corrected chi connectivity index (χ0v) is 9.25. The fraction of sp³-hybridized carbons (Fsp3) is 0.222. The fourth-order valence-electron chi connectivity index (χ4n) is 1.43. The topological polar surface area (TPSA) is 94.0 Å². The molecule has 0 saturated carbocycles. The molecule has 0 aromatic carbocycles. The van der Waals surface area contributed by atoms with E-state index in [0.29, 0.717) is 23.0 Å². The summed E-state index contributed by atoms with van der Waals surface area (Å²) < 4.78 is 6.24. The Balaban J connectivity index is 2.01. The average molecular weight is 231 g/mol. The van der Waals surface area contributed by atoms with Crippen LogP contribution in [0, 0.1) is 13.8 Å². The summed E-state index contributed by atoms with van der Waals surface area (Å²) in [5.74, 6) is 1.89. The lowest BCUT2D eigenvalue weighted by atomic mass is 10.4. The molecule has 86 valence electrons. The molecule has 0 aliphatic carbocycles. The predicted octanol–water partition coefficient (Wildman–Crippen LogP) is 0.868. The van der Waals surface area contributed by atoms with Gasteiger partial charge in [-0.05, 0) is 31.1 Å². The van der Waals surface area contributed by atoms with Gasteiger partial charge in [-0.2, -0.15) is 4.52 Å². The average Bonchev–Trinajstić information content (AvgIpc) is 2.88. The third kappa shape index (κ3) is 1.59. The first-order valence-corrected chi connectivity index (χ1v) is 4.99. The van der Waals surface area contributed by atoms with Crippen LogP contribution in [0.3, 0.4) is 0 Å². The van der Waals surface area contributed by atoms with Crippen molar-refractivity contribution in [3.8, 4) is 0 Å². The maximum atomic E-state index is 4.59. The Hall–Kier alpha value is -2.51. The molecular formula is C9H9N7O. The number of hydrogen-bond donors (Lipinski definition) is 1. The number of anilines is 2. The van der Waals surface area contributed by atoms with Gasteiger partial charge < -0.3 is 5.32 Å². The predicted molar refractivity (Wildman–Crippen MR) is 57.8 cm³/mol. The SMILES string of the molecule is Cc1nonc1Nc1ccc2nnc(C)n2n1. The van der Waals surface area contributed by atoms with E-state index in [1.54, 1.807) is 17.5 Å². The molecule has 3 rings (SSSR count). The Labute approximate surface area is 95.6 Å². The van der Waals surface area contributed by atoms with Crippen molar-refractivity contribution in [2.24, 2.45) is 0 Å². The molecule has 3 aromatic heterocycles. The van der Waals surface area contributed by atoms with Crippen LogP contribution >= 0.6 is 0 Å². The molecule has 3 heterocycles. The minimum atomic E-state index is 0.544. The third-order valence-corrected chi connectivity index (χ3v) is 2.32. The molecule has 3 aromatic rings. The van der Waals surface area contributed by atoms with Crippen molar-refractivity contribution in [2.75, 3.05) is 5.32 Å². The second-order valence-corrected chi connectivity index (χ2v) is 3.56. The normalized spacial score (nSPS) is 10.9. The Kier molecular flexibility index (Phi) is 2.00. The number of rotatable bonds is 2. The van der Waals surface area contributed by atoms with Crippen molar-refractivity contribution in [3.05, 3.63) is 23.7 Å². The molecule has 0 aliphatic heterocycles. The molecule has 0 saturated heterocycles. The molecule has 0 radical (unpaired) electrons. The van der Waals surface area contributed by atoms with Crippen molar-refractivity contribution < 1.29 is 4.63 Å². The number of nitrogens with zero attached hydrogens (tertiary/aromatic N) is 6. The maximum Gasteiger partial charge on any atom is 0.199 e. The Morgan fingerprint density at radius 3 is 2.82 bits per heavy atom.